The maximum absolute atomic E-state index is 12.9. The number of hydrogen-bond donors (Lipinski definition) is 0. The summed E-state index contributed by atoms with van der Waals surface area (Å²) in [6.45, 7) is 6.31. The molecule has 1 saturated heterocycles. The fourth-order valence-electron chi connectivity index (χ4n) is 4.15. The molecule has 1 aromatic heterocycles. The van der Waals surface area contributed by atoms with Crippen LogP contribution in [0.4, 0.5) is 5.69 Å². The molecule has 29 heavy (non-hydrogen) atoms. The summed E-state index contributed by atoms with van der Waals surface area (Å²) in [4.78, 5) is 29.9. The Balaban J connectivity index is 1.41. The highest BCUT2D eigenvalue weighted by Gasteiger charge is 2.22. The van der Waals surface area contributed by atoms with Gasteiger partial charge in [-0.15, -0.1) is 0 Å². The first-order chi connectivity index (χ1) is 14.2. The standard InChI is InChI=1S/C23H28N4O2/c1-2-13-26-20-10-6-7-11-21(20)27(23(26)29)14-12-22(28)25-17-15-24(16-18-25)19-8-4-3-5-9-19/h3-11H,2,12-18H2,1H3. The fraction of sp³-hybridized carbons (Fsp3) is 0.391. The van der Waals surface area contributed by atoms with E-state index in [-0.39, 0.29) is 11.6 Å². The van der Waals surface area contributed by atoms with Gasteiger partial charge in [-0.1, -0.05) is 37.3 Å². The van der Waals surface area contributed by atoms with Crippen LogP contribution in [0, 0.1) is 0 Å². The van der Waals surface area contributed by atoms with Crippen molar-refractivity contribution in [3.8, 4) is 0 Å². The van der Waals surface area contributed by atoms with Gasteiger partial charge in [0.15, 0.2) is 0 Å². The summed E-state index contributed by atoms with van der Waals surface area (Å²) >= 11 is 0. The minimum absolute atomic E-state index is 0.0188. The number of amides is 1. The van der Waals surface area contributed by atoms with Gasteiger partial charge in [-0.3, -0.25) is 13.9 Å². The van der Waals surface area contributed by atoms with Crippen molar-refractivity contribution in [2.24, 2.45) is 0 Å². The Morgan fingerprint density at radius 1 is 0.828 bits per heavy atom. The Morgan fingerprint density at radius 3 is 2.03 bits per heavy atom. The van der Waals surface area contributed by atoms with Crippen LogP contribution in [0.25, 0.3) is 11.0 Å². The van der Waals surface area contributed by atoms with Crippen LogP contribution in [0.1, 0.15) is 19.8 Å². The van der Waals surface area contributed by atoms with Gasteiger partial charge < -0.3 is 9.80 Å². The molecule has 6 heteroatoms. The second-order valence-electron chi connectivity index (χ2n) is 7.53. The van der Waals surface area contributed by atoms with E-state index < -0.39 is 0 Å². The Morgan fingerprint density at radius 2 is 1.41 bits per heavy atom. The summed E-state index contributed by atoms with van der Waals surface area (Å²) < 4.78 is 3.57. The monoisotopic (exact) mass is 392 g/mol. The molecule has 1 amide bonds. The average molecular weight is 393 g/mol. The number of nitrogens with zero attached hydrogens (tertiary/aromatic N) is 4. The van der Waals surface area contributed by atoms with Crippen molar-refractivity contribution in [1.29, 1.82) is 0 Å². The SMILES string of the molecule is CCCn1c(=O)n(CCC(=O)N2CCN(c3ccccc3)CC2)c2ccccc21. The lowest BCUT2D eigenvalue weighted by Gasteiger charge is -2.36. The largest absolute Gasteiger partial charge is 0.368 e. The number of anilines is 1. The van der Waals surface area contributed by atoms with Gasteiger partial charge in [0.25, 0.3) is 0 Å². The van der Waals surface area contributed by atoms with Gasteiger partial charge >= 0.3 is 5.69 Å². The molecule has 3 aromatic rings. The number of carbonyl (C=O) groups is 1. The van der Waals surface area contributed by atoms with Gasteiger partial charge in [0, 0.05) is 51.4 Å². The summed E-state index contributed by atoms with van der Waals surface area (Å²) in [6, 6.07) is 18.2. The molecule has 0 N–H and O–H groups in total. The maximum atomic E-state index is 12.9. The van der Waals surface area contributed by atoms with Crippen molar-refractivity contribution in [2.45, 2.75) is 32.9 Å². The van der Waals surface area contributed by atoms with Crippen LogP contribution in [0.5, 0.6) is 0 Å². The molecule has 0 atom stereocenters. The van der Waals surface area contributed by atoms with E-state index in [4.69, 9.17) is 0 Å². The van der Waals surface area contributed by atoms with Crippen molar-refractivity contribution in [1.82, 2.24) is 14.0 Å². The molecule has 0 aliphatic carbocycles. The van der Waals surface area contributed by atoms with Crippen molar-refractivity contribution >= 4 is 22.6 Å². The Labute approximate surface area is 171 Å². The second-order valence-corrected chi connectivity index (χ2v) is 7.53. The normalized spacial score (nSPS) is 14.5. The van der Waals surface area contributed by atoms with E-state index in [1.807, 2.05) is 51.9 Å². The maximum Gasteiger partial charge on any atom is 0.329 e. The number of fused-ring (bicyclic) bond motifs is 1. The first kappa shape index (κ1) is 19.3. The molecule has 0 radical (unpaired) electrons. The minimum atomic E-state index is -0.0188. The van der Waals surface area contributed by atoms with Crippen LogP contribution in [0.2, 0.25) is 0 Å². The van der Waals surface area contributed by atoms with Crippen molar-refractivity contribution < 1.29 is 4.79 Å². The van der Waals surface area contributed by atoms with Crippen LogP contribution < -0.4 is 10.6 Å². The highest BCUT2D eigenvalue weighted by molar-refractivity contribution is 5.78. The molecule has 2 heterocycles. The quantitative estimate of drug-likeness (QED) is 0.648. The summed E-state index contributed by atoms with van der Waals surface area (Å²) in [5.74, 6) is 0.122. The van der Waals surface area contributed by atoms with E-state index in [0.717, 1.165) is 43.6 Å². The lowest BCUT2D eigenvalue weighted by molar-refractivity contribution is -0.131. The van der Waals surface area contributed by atoms with E-state index in [1.165, 1.54) is 5.69 Å². The number of para-hydroxylation sites is 3. The summed E-state index contributed by atoms with van der Waals surface area (Å²) in [5, 5.41) is 0. The van der Waals surface area contributed by atoms with Gasteiger partial charge in [-0.05, 0) is 30.7 Å². The molecular weight excluding hydrogens is 364 g/mol. The van der Waals surface area contributed by atoms with E-state index in [1.54, 1.807) is 4.57 Å². The average Bonchev–Trinajstić information content (AvgIpc) is 3.04. The third kappa shape index (κ3) is 3.92. The molecule has 1 aliphatic rings. The topological polar surface area (TPSA) is 50.5 Å². The van der Waals surface area contributed by atoms with Crippen LogP contribution in [-0.2, 0) is 17.9 Å². The summed E-state index contributed by atoms with van der Waals surface area (Å²) in [7, 11) is 0. The van der Waals surface area contributed by atoms with E-state index in [9.17, 15) is 9.59 Å². The smallest absolute Gasteiger partial charge is 0.329 e. The zero-order valence-electron chi connectivity index (χ0n) is 17.0. The zero-order valence-corrected chi connectivity index (χ0v) is 17.0. The summed E-state index contributed by atoms with van der Waals surface area (Å²) in [6.07, 6.45) is 1.25. The van der Waals surface area contributed by atoms with Gasteiger partial charge in [-0.2, -0.15) is 0 Å². The van der Waals surface area contributed by atoms with E-state index >= 15 is 0 Å². The molecular formula is C23H28N4O2. The number of imidazole rings is 1. The predicted octanol–water partition coefficient (Wildman–Crippen LogP) is 2.95. The van der Waals surface area contributed by atoms with Crippen LogP contribution >= 0.6 is 0 Å². The van der Waals surface area contributed by atoms with Gasteiger partial charge in [-0.25, -0.2) is 4.79 Å². The molecule has 0 bridgehead atoms. The van der Waals surface area contributed by atoms with Crippen LogP contribution in [-0.4, -0.2) is 46.1 Å². The number of aromatic nitrogens is 2. The molecule has 0 spiro atoms. The third-order valence-corrected chi connectivity index (χ3v) is 5.68. The fourth-order valence-corrected chi connectivity index (χ4v) is 4.15. The Kier molecular flexibility index (Phi) is 5.69. The zero-order chi connectivity index (χ0) is 20.2. The Hall–Kier alpha value is -3.02. The van der Waals surface area contributed by atoms with Gasteiger partial charge in [0.2, 0.25) is 5.91 Å². The highest BCUT2D eigenvalue weighted by atomic mass is 16.2. The van der Waals surface area contributed by atoms with Gasteiger partial charge in [0.1, 0.15) is 0 Å². The number of rotatable bonds is 6. The first-order valence-corrected chi connectivity index (χ1v) is 10.4. The minimum Gasteiger partial charge on any atom is -0.368 e. The first-order valence-electron chi connectivity index (χ1n) is 10.4. The molecule has 152 valence electrons. The van der Waals surface area contributed by atoms with Crippen LogP contribution in [0.3, 0.4) is 0 Å². The van der Waals surface area contributed by atoms with Gasteiger partial charge in [0.05, 0.1) is 11.0 Å². The molecule has 0 unspecified atom stereocenters. The number of benzene rings is 2. The predicted molar refractivity (Wildman–Crippen MR) is 116 cm³/mol. The number of aryl methyl sites for hydroxylation is 2. The Bertz CT molecular complexity index is 1030. The molecule has 0 saturated carbocycles. The highest BCUT2D eigenvalue weighted by Crippen LogP contribution is 2.17. The summed E-state index contributed by atoms with van der Waals surface area (Å²) in [5.41, 5.74) is 3.04. The second kappa shape index (κ2) is 8.55. The lowest BCUT2D eigenvalue weighted by Crippen LogP contribution is -2.49. The van der Waals surface area contributed by atoms with Crippen LogP contribution in [0.15, 0.2) is 59.4 Å². The van der Waals surface area contributed by atoms with E-state index in [2.05, 4.69) is 24.0 Å². The lowest BCUT2D eigenvalue weighted by atomic mass is 10.2. The number of hydrogen-bond acceptors (Lipinski definition) is 3. The molecule has 6 nitrogen and oxygen atoms in total. The number of carbonyl (C=O) groups excluding carboxylic acids is 1. The molecule has 2 aromatic carbocycles. The van der Waals surface area contributed by atoms with Crippen molar-refractivity contribution in [2.75, 3.05) is 31.1 Å². The van der Waals surface area contributed by atoms with E-state index in [0.29, 0.717) is 19.5 Å². The van der Waals surface area contributed by atoms with Crippen molar-refractivity contribution in [3.05, 3.63) is 65.1 Å². The third-order valence-electron chi connectivity index (χ3n) is 5.68. The molecule has 1 fully saturated rings. The van der Waals surface area contributed by atoms with Crippen molar-refractivity contribution in [3.63, 3.8) is 0 Å². The molecule has 4 rings (SSSR count). The molecule has 1 aliphatic heterocycles. The number of piperazine rings is 1.